The van der Waals surface area contributed by atoms with Crippen LogP contribution in [0.25, 0.3) is 0 Å². The summed E-state index contributed by atoms with van der Waals surface area (Å²) in [6, 6.07) is 0.988. The summed E-state index contributed by atoms with van der Waals surface area (Å²) in [6.07, 6.45) is -4.85. The van der Waals surface area contributed by atoms with Gasteiger partial charge < -0.3 is 10.5 Å². The average Bonchev–Trinajstić information content (AvgIpc) is 2.24. The minimum absolute atomic E-state index is 0.547. The van der Waals surface area contributed by atoms with Crippen molar-refractivity contribution in [1.82, 2.24) is 0 Å². The first kappa shape index (κ1) is 16.4. The van der Waals surface area contributed by atoms with Gasteiger partial charge in [0.15, 0.2) is 0 Å². The van der Waals surface area contributed by atoms with Crippen LogP contribution in [0.5, 0.6) is 0 Å². The standard InChI is InChI=1S/C13H15F4NO2/c1-12(2,3)20-11(19)10(18)7-5-4-6-8(9(7)14)13(15,16)17/h4-6,10H,18H2,1-3H3. The zero-order valence-corrected chi connectivity index (χ0v) is 11.2. The van der Waals surface area contributed by atoms with Crippen molar-refractivity contribution in [2.24, 2.45) is 5.73 Å². The third kappa shape index (κ3) is 3.93. The smallest absolute Gasteiger partial charge is 0.419 e. The first-order valence-electron chi connectivity index (χ1n) is 5.77. The van der Waals surface area contributed by atoms with E-state index < -0.39 is 40.7 Å². The third-order valence-electron chi connectivity index (χ3n) is 2.33. The second-order valence-corrected chi connectivity index (χ2v) is 5.22. The number of ether oxygens (including phenoxy) is 1. The molecule has 3 nitrogen and oxygen atoms in total. The molecule has 1 aromatic rings. The van der Waals surface area contributed by atoms with Gasteiger partial charge in [0.05, 0.1) is 5.56 Å². The minimum Gasteiger partial charge on any atom is -0.459 e. The van der Waals surface area contributed by atoms with Crippen molar-refractivity contribution in [2.45, 2.75) is 38.6 Å². The number of nitrogens with two attached hydrogens (primary N) is 1. The quantitative estimate of drug-likeness (QED) is 0.673. The van der Waals surface area contributed by atoms with Gasteiger partial charge in [-0.05, 0) is 26.8 Å². The highest BCUT2D eigenvalue weighted by atomic mass is 19.4. The molecule has 0 aliphatic heterocycles. The Balaban J connectivity index is 3.12. The molecule has 20 heavy (non-hydrogen) atoms. The Morgan fingerprint density at radius 1 is 1.25 bits per heavy atom. The fourth-order valence-corrected chi connectivity index (χ4v) is 1.50. The Bertz CT molecular complexity index is 506. The van der Waals surface area contributed by atoms with Gasteiger partial charge in [0.2, 0.25) is 0 Å². The molecule has 0 bridgehead atoms. The summed E-state index contributed by atoms with van der Waals surface area (Å²) >= 11 is 0. The van der Waals surface area contributed by atoms with Gasteiger partial charge in [0, 0.05) is 5.56 Å². The molecule has 0 aromatic heterocycles. The Morgan fingerprint density at radius 3 is 2.25 bits per heavy atom. The van der Waals surface area contributed by atoms with Gasteiger partial charge in [0.25, 0.3) is 0 Å². The lowest BCUT2D eigenvalue weighted by atomic mass is 10.0. The van der Waals surface area contributed by atoms with Crippen molar-refractivity contribution in [3.05, 3.63) is 35.1 Å². The van der Waals surface area contributed by atoms with Crippen molar-refractivity contribution in [1.29, 1.82) is 0 Å². The molecule has 112 valence electrons. The molecule has 0 heterocycles. The van der Waals surface area contributed by atoms with Gasteiger partial charge in [-0.2, -0.15) is 13.2 Å². The molecule has 0 aliphatic carbocycles. The van der Waals surface area contributed by atoms with Crippen LogP contribution in [0.2, 0.25) is 0 Å². The van der Waals surface area contributed by atoms with Gasteiger partial charge in [-0.25, -0.2) is 9.18 Å². The number of carbonyl (C=O) groups excluding carboxylic acids is 1. The lowest BCUT2D eigenvalue weighted by molar-refractivity contribution is -0.157. The predicted octanol–water partition coefficient (Wildman–Crippen LogP) is 3.19. The molecule has 2 N–H and O–H groups in total. The summed E-state index contributed by atoms with van der Waals surface area (Å²) in [4.78, 5) is 11.7. The first-order chi connectivity index (χ1) is 8.93. The molecule has 0 saturated carbocycles. The number of hydrogen-bond donors (Lipinski definition) is 1. The monoisotopic (exact) mass is 293 g/mol. The fraction of sp³-hybridized carbons (Fsp3) is 0.462. The maximum absolute atomic E-state index is 13.8. The summed E-state index contributed by atoms with van der Waals surface area (Å²) in [7, 11) is 0. The molecule has 0 radical (unpaired) electrons. The molecule has 0 aliphatic rings. The SMILES string of the molecule is CC(C)(C)OC(=O)C(N)c1cccc(C(F)(F)F)c1F. The van der Waals surface area contributed by atoms with Crippen molar-refractivity contribution in [3.63, 3.8) is 0 Å². The number of hydrogen-bond acceptors (Lipinski definition) is 3. The molecule has 0 fully saturated rings. The molecular formula is C13H15F4NO2. The van der Waals surface area contributed by atoms with Gasteiger partial charge in [-0.3, -0.25) is 0 Å². The Labute approximate surface area is 113 Å². The Hall–Kier alpha value is -1.63. The maximum Gasteiger partial charge on any atom is 0.419 e. The van der Waals surface area contributed by atoms with E-state index >= 15 is 0 Å². The van der Waals surface area contributed by atoms with Crippen LogP contribution in [0.3, 0.4) is 0 Å². The van der Waals surface area contributed by atoms with Gasteiger partial charge in [-0.15, -0.1) is 0 Å². The highest BCUT2D eigenvalue weighted by Gasteiger charge is 2.36. The molecular weight excluding hydrogens is 278 g/mol. The van der Waals surface area contributed by atoms with Crippen molar-refractivity contribution >= 4 is 5.97 Å². The number of benzene rings is 1. The van der Waals surface area contributed by atoms with Crippen LogP contribution in [0, 0.1) is 5.82 Å². The van der Waals surface area contributed by atoms with Gasteiger partial charge in [0.1, 0.15) is 17.5 Å². The molecule has 1 rings (SSSR count). The van der Waals surface area contributed by atoms with E-state index in [1.54, 1.807) is 20.8 Å². The maximum atomic E-state index is 13.8. The summed E-state index contributed by atoms with van der Waals surface area (Å²) in [5, 5.41) is 0. The molecule has 7 heteroatoms. The van der Waals surface area contributed by atoms with Crippen LogP contribution in [-0.4, -0.2) is 11.6 Å². The molecule has 1 atom stereocenters. The normalized spacial score (nSPS) is 14.0. The summed E-state index contributed by atoms with van der Waals surface area (Å²) in [5.74, 6) is -2.55. The molecule has 0 spiro atoms. The van der Waals surface area contributed by atoms with Crippen molar-refractivity contribution in [2.75, 3.05) is 0 Å². The van der Waals surface area contributed by atoms with E-state index in [0.717, 1.165) is 12.1 Å². The van der Waals surface area contributed by atoms with E-state index in [9.17, 15) is 22.4 Å². The average molecular weight is 293 g/mol. The number of halogens is 4. The van der Waals surface area contributed by atoms with Crippen LogP contribution in [0.15, 0.2) is 18.2 Å². The summed E-state index contributed by atoms with van der Waals surface area (Å²) < 4.78 is 56.4. The molecule has 1 unspecified atom stereocenters. The summed E-state index contributed by atoms with van der Waals surface area (Å²) in [5.41, 5.74) is 2.60. The summed E-state index contributed by atoms with van der Waals surface area (Å²) in [6.45, 7) is 4.71. The van der Waals surface area contributed by atoms with Crippen LogP contribution >= 0.6 is 0 Å². The zero-order valence-electron chi connectivity index (χ0n) is 11.2. The van der Waals surface area contributed by atoms with Crippen LogP contribution in [0.4, 0.5) is 17.6 Å². The second kappa shape index (κ2) is 5.40. The minimum atomic E-state index is -4.85. The Morgan fingerprint density at radius 2 is 1.80 bits per heavy atom. The van der Waals surface area contributed by atoms with Crippen LogP contribution < -0.4 is 5.73 Å². The fourth-order valence-electron chi connectivity index (χ4n) is 1.50. The lowest BCUT2D eigenvalue weighted by Crippen LogP contribution is -2.32. The third-order valence-corrected chi connectivity index (χ3v) is 2.33. The van der Waals surface area contributed by atoms with Crippen LogP contribution in [0.1, 0.15) is 37.9 Å². The van der Waals surface area contributed by atoms with Gasteiger partial charge in [-0.1, -0.05) is 12.1 Å². The predicted molar refractivity (Wildman–Crippen MR) is 64.2 cm³/mol. The lowest BCUT2D eigenvalue weighted by Gasteiger charge is -2.23. The highest BCUT2D eigenvalue weighted by molar-refractivity contribution is 5.78. The van der Waals surface area contributed by atoms with E-state index in [1.165, 1.54) is 0 Å². The molecule has 1 aromatic carbocycles. The van der Waals surface area contributed by atoms with Crippen molar-refractivity contribution < 1.29 is 27.1 Å². The van der Waals surface area contributed by atoms with Gasteiger partial charge >= 0.3 is 12.1 Å². The zero-order chi connectivity index (χ0) is 15.7. The number of carbonyl (C=O) groups is 1. The van der Waals surface area contributed by atoms with E-state index in [4.69, 9.17) is 10.5 Å². The second-order valence-electron chi connectivity index (χ2n) is 5.22. The van der Waals surface area contributed by atoms with Crippen LogP contribution in [-0.2, 0) is 15.7 Å². The Kier molecular flexibility index (Phi) is 4.43. The molecule has 0 saturated heterocycles. The number of rotatable bonds is 2. The van der Waals surface area contributed by atoms with E-state index in [-0.39, 0.29) is 0 Å². The van der Waals surface area contributed by atoms with E-state index in [2.05, 4.69) is 0 Å². The van der Waals surface area contributed by atoms with E-state index in [0.29, 0.717) is 6.07 Å². The number of esters is 1. The number of alkyl halides is 3. The van der Waals surface area contributed by atoms with E-state index in [1.807, 2.05) is 0 Å². The topological polar surface area (TPSA) is 52.3 Å². The van der Waals surface area contributed by atoms with Crippen molar-refractivity contribution in [3.8, 4) is 0 Å². The largest absolute Gasteiger partial charge is 0.459 e. The molecule has 0 amide bonds. The first-order valence-corrected chi connectivity index (χ1v) is 5.77. The highest BCUT2D eigenvalue weighted by Crippen LogP contribution is 2.33.